The molecule has 0 saturated carbocycles. The van der Waals surface area contributed by atoms with E-state index in [-0.39, 0.29) is 17.1 Å². The van der Waals surface area contributed by atoms with Crippen molar-refractivity contribution in [3.05, 3.63) is 108 Å². The van der Waals surface area contributed by atoms with E-state index >= 15 is 0 Å². The van der Waals surface area contributed by atoms with Crippen molar-refractivity contribution in [2.24, 2.45) is 0 Å². The van der Waals surface area contributed by atoms with Gasteiger partial charge in [-0.25, -0.2) is 66.0 Å². The Bertz CT molecular complexity index is 1580. The smallest absolute Gasteiger partial charge is 0.222 e. The number of halogens is 2. The summed E-state index contributed by atoms with van der Waals surface area (Å²) >= 11 is 0. The molecule has 0 saturated heterocycles. The third-order valence-electron chi connectivity index (χ3n) is 5.23. The predicted octanol–water partition coefficient (Wildman–Crippen LogP) is -5.37. The molecule has 250 valence electrons. The second kappa shape index (κ2) is 17.2. The van der Waals surface area contributed by atoms with Crippen molar-refractivity contribution in [2.45, 2.75) is 27.7 Å². The molecule has 0 aliphatic carbocycles. The fraction of sp³-hybridized carbons (Fsp3) is 0.154. The van der Waals surface area contributed by atoms with Crippen LogP contribution in [0.15, 0.2) is 86.0 Å². The Morgan fingerprint density at radius 1 is 0.426 bits per heavy atom. The van der Waals surface area contributed by atoms with Crippen molar-refractivity contribution in [3.8, 4) is 23.3 Å². The number of hydrogen-bond acceptors (Lipinski definition) is 14. The maximum atomic E-state index is 8.49. The number of pyridine rings is 2. The quantitative estimate of drug-likeness (QED) is 0.153. The molecule has 0 N–H and O–H groups in total. The summed E-state index contributed by atoms with van der Waals surface area (Å²) in [5.74, 6) is 3.14. The van der Waals surface area contributed by atoms with E-state index in [0.717, 1.165) is 45.5 Å². The van der Waals surface area contributed by atoms with Gasteiger partial charge in [0.05, 0.1) is 24.8 Å². The minimum atomic E-state index is -4.94. The predicted molar refractivity (Wildman–Crippen MR) is 136 cm³/mol. The summed E-state index contributed by atoms with van der Waals surface area (Å²) in [6, 6.07) is 11.6. The Kier molecular flexibility index (Phi) is 14.3. The van der Waals surface area contributed by atoms with Crippen LogP contribution in [-0.2, 0) is 17.1 Å². The van der Waals surface area contributed by atoms with Gasteiger partial charge in [0.15, 0.2) is 23.3 Å². The molecule has 0 radical (unpaired) electrons. The molecule has 6 heterocycles. The molecule has 0 aliphatic rings. The average molecular weight is 733 g/mol. The largest absolute Gasteiger partial charge is 2.00 e. The molecular weight excluding hydrogens is 707 g/mol. The van der Waals surface area contributed by atoms with Crippen molar-refractivity contribution in [3.63, 3.8) is 0 Å². The van der Waals surface area contributed by atoms with E-state index in [4.69, 9.17) is 37.3 Å². The normalized spacial score (nSPS) is 10.8. The molecule has 6 aromatic rings. The summed E-state index contributed by atoms with van der Waals surface area (Å²) in [6.07, 6.45) is 15.0. The zero-order valence-corrected chi connectivity index (χ0v) is 27.5. The van der Waals surface area contributed by atoms with Crippen molar-refractivity contribution >= 4 is 0 Å². The molecule has 0 atom stereocenters. The maximum Gasteiger partial charge on any atom is 2.00 e. The SMILES string of the molecule is Cc1cnn(-c2cccc(-n3cc(C)cn3)n2)c1.Cc1cnn(-c2cccc(-n3cc(C)cn3)n2)c1.[Fe+2].[O-][Cl+3]([O-])([O-])[O-].[O-][Cl+3]([O-])([O-])[O-]. The first-order valence-corrected chi connectivity index (χ1v) is 15.2. The minimum Gasteiger partial charge on any atom is -0.222 e. The van der Waals surface area contributed by atoms with E-state index in [2.05, 4.69) is 30.4 Å². The second-order valence-electron chi connectivity index (χ2n) is 9.31. The van der Waals surface area contributed by atoms with Gasteiger partial charge in [0.25, 0.3) is 0 Å². The van der Waals surface area contributed by atoms with Crippen LogP contribution < -0.4 is 37.3 Å². The first-order valence-electron chi connectivity index (χ1n) is 12.7. The molecule has 0 spiro atoms. The summed E-state index contributed by atoms with van der Waals surface area (Å²) in [4.78, 5) is 9.08. The zero-order valence-electron chi connectivity index (χ0n) is 24.9. The molecule has 0 fully saturated rings. The van der Waals surface area contributed by atoms with Gasteiger partial charge < -0.3 is 0 Å². The van der Waals surface area contributed by atoms with Crippen molar-refractivity contribution in [1.82, 2.24) is 49.1 Å². The molecule has 0 unspecified atom stereocenters. The monoisotopic (exact) mass is 732 g/mol. The van der Waals surface area contributed by atoms with Gasteiger partial charge >= 0.3 is 17.1 Å². The molecular formula is C26H26Cl2FeN10O8. The van der Waals surface area contributed by atoms with Gasteiger partial charge in [-0.3, -0.25) is 0 Å². The molecule has 47 heavy (non-hydrogen) atoms. The summed E-state index contributed by atoms with van der Waals surface area (Å²) in [6.45, 7) is 8.02. The third-order valence-corrected chi connectivity index (χ3v) is 5.23. The van der Waals surface area contributed by atoms with Crippen LogP contribution in [0.1, 0.15) is 22.3 Å². The van der Waals surface area contributed by atoms with Crippen LogP contribution in [-0.4, -0.2) is 49.1 Å². The van der Waals surface area contributed by atoms with E-state index in [0.29, 0.717) is 0 Å². The van der Waals surface area contributed by atoms with Crippen molar-refractivity contribution in [2.75, 3.05) is 0 Å². The number of aryl methyl sites for hydroxylation is 4. The van der Waals surface area contributed by atoms with Gasteiger partial charge in [0.1, 0.15) is 0 Å². The van der Waals surface area contributed by atoms with Gasteiger partial charge in [-0.1, -0.05) is 12.1 Å². The van der Waals surface area contributed by atoms with E-state index in [1.807, 2.05) is 114 Å². The molecule has 18 nitrogen and oxygen atoms in total. The first-order chi connectivity index (χ1) is 21.4. The summed E-state index contributed by atoms with van der Waals surface area (Å²) in [5, 5.41) is 17.0. The number of aromatic nitrogens is 10. The van der Waals surface area contributed by atoms with Gasteiger partial charge in [0.2, 0.25) is 0 Å². The summed E-state index contributed by atoms with van der Waals surface area (Å²) < 4.78 is 75.0. The van der Waals surface area contributed by atoms with Crippen LogP contribution in [0.5, 0.6) is 0 Å². The molecule has 0 aromatic carbocycles. The Hall–Kier alpha value is -4.08. The van der Waals surface area contributed by atoms with E-state index in [1.54, 1.807) is 18.7 Å². The molecule has 6 aromatic heterocycles. The van der Waals surface area contributed by atoms with Gasteiger partial charge in [-0.05, 0) is 74.2 Å². The van der Waals surface area contributed by atoms with Gasteiger partial charge in [-0.15, -0.1) is 20.5 Å². The van der Waals surface area contributed by atoms with Crippen molar-refractivity contribution < 1.29 is 74.8 Å². The number of nitrogens with zero attached hydrogens (tertiary/aromatic N) is 10. The van der Waals surface area contributed by atoms with Crippen LogP contribution in [0.3, 0.4) is 0 Å². The maximum absolute atomic E-state index is 8.49. The van der Waals surface area contributed by atoms with Crippen molar-refractivity contribution in [1.29, 1.82) is 0 Å². The fourth-order valence-electron chi connectivity index (χ4n) is 3.49. The van der Waals surface area contributed by atoms with Crippen LogP contribution in [0.25, 0.3) is 23.3 Å². The molecule has 0 aliphatic heterocycles. The number of rotatable bonds is 4. The Labute approximate surface area is 282 Å². The Balaban J connectivity index is 0.000000251. The second-order valence-corrected chi connectivity index (χ2v) is 10.8. The standard InChI is InChI=1S/2C13H13N5.2ClHO4.Fe/c2*1-10-6-14-17(8-10)12-4-3-5-13(16-12)18-9-11(2)7-15-18;2*2-1(3,4)5;/h2*3-9H,1-2H3;2*(H,2,3,4,5);/q;;;;+2/p-2. The molecule has 0 bridgehead atoms. The van der Waals surface area contributed by atoms with Gasteiger partial charge in [0, 0.05) is 24.8 Å². The van der Waals surface area contributed by atoms with Crippen LogP contribution in [0.4, 0.5) is 0 Å². The third kappa shape index (κ3) is 14.5. The average Bonchev–Trinajstić information content (AvgIpc) is 3.77. The van der Waals surface area contributed by atoms with E-state index in [9.17, 15) is 0 Å². The Morgan fingerprint density at radius 3 is 0.766 bits per heavy atom. The molecule has 0 amide bonds. The van der Waals surface area contributed by atoms with Crippen LogP contribution >= 0.6 is 0 Å². The topological polar surface area (TPSA) is 282 Å². The zero-order chi connectivity index (χ0) is 34.1. The Morgan fingerprint density at radius 2 is 0.617 bits per heavy atom. The number of hydrogen-bond donors (Lipinski definition) is 0. The van der Waals surface area contributed by atoms with Crippen LogP contribution in [0.2, 0.25) is 0 Å². The summed E-state index contributed by atoms with van der Waals surface area (Å²) in [5.41, 5.74) is 4.43. The first kappa shape index (κ1) is 39.1. The fourth-order valence-corrected chi connectivity index (χ4v) is 3.49. The van der Waals surface area contributed by atoms with E-state index in [1.165, 1.54) is 0 Å². The van der Waals surface area contributed by atoms with Crippen LogP contribution in [0, 0.1) is 48.2 Å². The molecule has 21 heteroatoms. The van der Waals surface area contributed by atoms with E-state index < -0.39 is 20.5 Å². The summed E-state index contributed by atoms with van der Waals surface area (Å²) in [7, 11) is -9.89. The molecule has 6 rings (SSSR count). The van der Waals surface area contributed by atoms with Gasteiger partial charge in [-0.2, -0.15) is 20.4 Å². The minimum absolute atomic E-state index is 0.